The van der Waals surface area contributed by atoms with E-state index in [2.05, 4.69) is 106 Å². The van der Waals surface area contributed by atoms with Crippen molar-refractivity contribution in [3.63, 3.8) is 0 Å². The van der Waals surface area contributed by atoms with Crippen LogP contribution >= 0.6 is 0 Å². The van der Waals surface area contributed by atoms with Crippen LogP contribution in [0.25, 0.3) is 0 Å². The average molecular weight is 407 g/mol. The van der Waals surface area contributed by atoms with Gasteiger partial charge in [0.15, 0.2) is 0 Å². The fourth-order valence-electron chi connectivity index (χ4n) is 4.77. The number of rotatable bonds is 8. The van der Waals surface area contributed by atoms with Crippen molar-refractivity contribution in [1.29, 1.82) is 0 Å². The van der Waals surface area contributed by atoms with Gasteiger partial charge in [-0.1, -0.05) is 103 Å². The van der Waals surface area contributed by atoms with Crippen LogP contribution in [0.5, 0.6) is 0 Å². The maximum Gasteiger partial charge on any atom is -0.00230 e. The van der Waals surface area contributed by atoms with E-state index in [1.54, 1.807) is 5.57 Å². The fourth-order valence-corrected chi connectivity index (χ4v) is 4.77. The third-order valence-corrected chi connectivity index (χ3v) is 6.60. The zero-order valence-corrected chi connectivity index (χ0v) is 19.2. The van der Waals surface area contributed by atoms with Gasteiger partial charge in [0.1, 0.15) is 0 Å². The van der Waals surface area contributed by atoms with Crippen LogP contribution in [0, 0.1) is 6.92 Å². The molecule has 0 spiro atoms. The highest BCUT2D eigenvalue weighted by atomic mass is 14.2. The number of hydrogen-bond acceptors (Lipinski definition) is 0. The number of allylic oxidation sites excluding steroid dienone is 4. The highest BCUT2D eigenvalue weighted by Crippen LogP contribution is 2.28. The van der Waals surface area contributed by atoms with Crippen molar-refractivity contribution in [1.82, 2.24) is 0 Å². The Hall–Kier alpha value is -2.86. The van der Waals surface area contributed by atoms with E-state index in [-0.39, 0.29) is 0 Å². The molecule has 0 heteroatoms. The SMILES string of the molecule is CC1=CC=C(CCc2ccccc2C(C)Cc2ccc(C)c(Cc3ccccc3)c2)C1. The lowest BCUT2D eigenvalue weighted by atomic mass is 9.87. The van der Waals surface area contributed by atoms with E-state index in [0.29, 0.717) is 5.92 Å². The second kappa shape index (κ2) is 9.96. The smallest absolute Gasteiger partial charge is 0.00230 e. The van der Waals surface area contributed by atoms with Gasteiger partial charge in [0.2, 0.25) is 0 Å². The molecule has 158 valence electrons. The Bertz CT molecular complexity index is 1080. The molecule has 0 aromatic heterocycles. The monoisotopic (exact) mass is 406 g/mol. The minimum Gasteiger partial charge on any atom is -0.0693 e. The zero-order chi connectivity index (χ0) is 21.6. The number of benzene rings is 3. The largest absolute Gasteiger partial charge is 0.0693 e. The van der Waals surface area contributed by atoms with Crippen molar-refractivity contribution in [2.24, 2.45) is 0 Å². The Kier molecular flexibility index (Phi) is 6.87. The third-order valence-electron chi connectivity index (χ3n) is 6.60. The van der Waals surface area contributed by atoms with E-state index < -0.39 is 0 Å². The quantitative estimate of drug-likeness (QED) is 0.354. The van der Waals surface area contributed by atoms with Crippen LogP contribution in [-0.2, 0) is 19.3 Å². The van der Waals surface area contributed by atoms with Crippen molar-refractivity contribution in [3.8, 4) is 0 Å². The lowest BCUT2D eigenvalue weighted by Gasteiger charge is -2.18. The average Bonchev–Trinajstić information content (AvgIpc) is 3.20. The van der Waals surface area contributed by atoms with Crippen LogP contribution in [0.4, 0.5) is 0 Å². The molecule has 0 radical (unpaired) electrons. The lowest BCUT2D eigenvalue weighted by molar-refractivity contribution is 0.739. The van der Waals surface area contributed by atoms with Crippen molar-refractivity contribution in [3.05, 3.63) is 129 Å². The van der Waals surface area contributed by atoms with E-state index in [1.165, 1.54) is 45.4 Å². The van der Waals surface area contributed by atoms with E-state index in [4.69, 9.17) is 0 Å². The van der Waals surface area contributed by atoms with Crippen molar-refractivity contribution >= 4 is 0 Å². The molecule has 3 aromatic carbocycles. The molecule has 1 aliphatic rings. The van der Waals surface area contributed by atoms with E-state index in [9.17, 15) is 0 Å². The van der Waals surface area contributed by atoms with E-state index >= 15 is 0 Å². The molecule has 0 bridgehead atoms. The molecule has 3 aromatic rings. The summed E-state index contributed by atoms with van der Waals surface area (Å²) in [7, 11) is 0. The van der Waals surface area contributed by atoms with Crippen molar-refractivity contribution < 1.29 is 0 Å². The molecule has 0 amide bonds. The molecule has 0 aliphatic heterocycles. The summed E-state index contributed by atoms with van der Waals surface area (Å²) in [5.74, 6) is 0.515. The summed E-state index contributed by atoms with van der Waals surface area (Å²) in [6, 6.07) is 26.9. The Morgan fingerprint density at radius 2 is 1.52 bits per heavy atom. The molecule has 1 unspecified atom stereocenters. The molecule has 0 saturated heterocycles. The molecule has 0 nitrogen and oxygen atoms in total. The normalized spacial score (nSPS) is 14.3. The number of hydrogen-bond donors (Lipinski definition) is 0. The van der Waals surface area contributed by atoms with Crippen LogP contribution in [-0.4, -0.2) is 0 Å². The second-order valence-electron chi connectivity index (χ2n) is 9.24. The predicted octanol–water partition coefficient (Wildman–Crippen LogP) is 8.14. The summed E-state index contributed by atoms with van der Waals surface area (Å²) in [5.41, 5.74) is 11.7. The van der Waals surface area contributed by atoms with Crippen molar-refractivity contribution in [2.45, 2.75) is 58.8 Å². The molecule has 0 N–H and O–H groups in total. The predicted molar refractivity (Wildman–Crippen MR) is 134 cm³/mol. The maximum absolute atomic E-state index is 2.43. The molecule has 0 heterocycles. The Morgan fingerprint density at radius 1 is 0.742 bits per heavy atom. The summed E-state index contributed by atoms with van der Waals surface area (Å²) in [6.07, 6.45) is 10.2. The van der Waals surface area contributed by atoms with Crippen LogP contribution < -0.4 is 0 Å². The van der Waals surface area contributed by atoms with Gasteiger partial charge in [0.05, 0.1) is 0 Å². The highest BCUT2D eigenvalue weighted by Gasteiger charge is 2.13. The van der Waals surface area contributed by atoms with Gasteiger partial charge < -0.3 is 0 Å². The van der Waals surface area contributed by atoms with Gasteiger partial charge >= 0.3 is 0 Å². The van der Waals surface area contributed by atoms with Crippen LogP contribution in [0.2, 0.25) is 0 Å². The number of aryl methyl sites for hydroxylation is 2. The first-order chi connectivity index (χ1) is 15.1. The molecule has 0 fully saturated rings. The Labute approximate surface area is 188 Å². The summed E-state index contributed by atoms with van der Waals surface area (Å²) < 4.78 is 0. The summed E-state index contributed by atoms with van der Waals surface area (Å²) >= 11 is 0. The Morgan fingerprint density at radius 3 is 2.29 bits per heavy atom. The summed E-state index contributed by atoms with van der Waals surface area (Å²) in [4.78, 5) is 0. The summed E-state index contributed by atoms with van der Waals surface area (Å²) in [6.45, 7) is 6.85. The van der Waals surface area contributed by atoms with Crippen LogP contribution in [0.3, 0.4) is 0 Å². The minimum atomic E-state index is 0.515. The van der Waals surface area contributed by atoms with Gasteiger partial charge in [-0.3, -0.25) is 0 Å². The van der Waals surface area contributed by atoms with Crippen LogP contribution in [0.1, 0.15) is 66.0 Å². The van der Waals surface area contributed by atoms with E-state index in [1.807, 2.05) is 0 Å². The molecule has 4 rings (SSSR count). The third kappa shape index (κ3) is 5.64. The molecular weight excluding hydrogens is 372 g/mol. The first kappa shape index (κ1) is 21.4. The van der Waals surface area contributed by atoms with Gasteiger partial charge in [0, 0.05) is 0 Å². The standard InChI is InChI=1S/C31H34/c1-23-13-15-27(19-23)17-18-29-11-7-8-12-31(29)25(3)20-28-16-14-24(2)30(22-28)21-26-9-5-4-6-10-26/h4-16,22,25H,17-21H2,1-3H3. The van der Waals surface area contributed by atoms with E-state index in [0.717, 1.165) is 25.7 Å². The van der Waals surface area contributed by atoms with Gasteiger partial charge in [-0.25, -0.2) is 0 Å². The second-order valence-corrected chi connectivity index (χ2v) is 9.24. The van der Waals surface area contributed by atoms with Gasteiger partial charge in [-0.15, -0.1) is 0 Å². The molecule has 0 saturated carbocycles. The van der Waals surface area contributed by atoms with Gasteiger partial charge in [0.25, 0.3) is 0 Å². The lowest BCUT2D eigenvalue weighted by Crippen LogP contribution is -2.04. The molecule has 1 atom stereocenters. The first-order valence-electron chi connectivity index (χ1n) is 11.6. The van der Waals surface area contributed by atoms with Gasteiger partial charge in [-0.2, -0.15) is 0 Å². The summed E-state index contributed by atoms with van der Waals surface area (Å²) in [5, 5.41) is 0. The van der Waals surface area contributed by atoms with Gasteiger partial charge in [-0.05, 0) is 85.3 Å². The molecule has 1 aliphatic carbocycles. The minimum absolute atomic E-state index is 0.515. The topological polar surface area (TPSA) is 0 Å². The maximum atomic E-state index is 2.43. The first-order valence-corrected chi connectivity index (χ1v) is 11.6. The Balaban J connectivity index is 1.46. The van der Waals surface area contributed by atoms with Crippen LogP contribution in [0.15, 0.2) is 96.1 Å². The highest BCUT2D eigenvalue weighted by molar-refractivity contribution is 5.38. The van der Waals surface area contributed by atoms with Crippen molar-refractivity contribution in [2.75, 3.05) is 0 Å². The molecule has 31 heavy (non-hydrogen) atoms. The molecular formula is C31H34. The fraction of sp³-hybridized carbons (Fsp3) is 0.290. The zero-order valence-electron chi connectivity index (χ0n) is 19.2.